The number of hydrogen-bond donors (Lipinski definition) is 4. The Hall–Kier alpha value is -1.56. The maximum Gasteiger partial charge on any atom is 0.339 e. The van der Waals surface area contributed by atoms with Crippen molar-refractivity contribution in [3.8, 4) is 5.75 Å². The van der Waals surface area contributed by atoms with Gasteiger partial charge in [0.25, 0.3) is 26.1 Å². The Balaban J connectivity index is 0.00000337. The molecule has 0 saturated heterocycles. The van der Waals surface area contributed by atoms with Crippen LogP contribution in [0, 0.1) is 0 Å². The van der Waals surface area contributed by atoms with Crippen LogP contribution in [-0.2, 0) is 34.9 Å². The van der Waals surface area contributed by atoms with E-state index < -0.39 is 84.6 Å². The molecule has 1 aliphatic rings. The number of nitrogens with zero attached hydrogens (tertiary/aromatic N) is 4. The van der Waals surface area contributed by atoms with Crippen molar-refractivity contribution in [2.24, 2.45) is 15.3 Å². The number of anilines is 1. The number of sulfone groups is 1. The van der Waals surface area contributed by atoms with Gasteiger partial charge in [-0.3, -0.25) is 13.9 Å². The zero-order valence-electron chi connectivity index (χ0n) is 23.9. The molecule has 0 aliphatic carbocycles. The molecule has 0 fully saturated rings. The van der Waals surface area contributed by atoms with Crippen molar-refractivity contribution >= 4 is 148 Å². The molecule has 4 rings (SSSR count). The standard InChI is InChI=1S/C23H18N4O12S3.3Na/c1-12-21(25-24-16-4-2-3-5-19(16)42(37,38)39)22(29)27(26-12)17-11-14(41(34,35)36)7-9-20(17)40(32,33)13-6-8-18(28)15(10-13)23(30)31;;;/h2-11,21,28H,1H3,(H,30,31)(H,34,35,36)(H,37,38,39);;;. The number of aromatic hydroxyl groups is 1. The van der Waals surface area contributed by atoms with Crippen LogP contribution in [0.4, 0.5) is 11.4 Å². The molecule has 0 spiro atoms. The van der Waals surface area contributed by atoms with Gasteiger partial charge in [0.1, 0.15) is 21.9 Å². The average molecular weight is 708 g/mol. The van der Waals surface area contributed by atoms with Crippen molar-refractivity contribution in [1.82, 2.24) is 0 Å². The number of benzene rings is 3. The predicted octanol–water partition coefficient (Wildman–Crippen LogP) is 1.15. The Morgan fingerprint density at radius 3 is 2.02 bits per heavy atom. The number of carboxylic acids is 1. The van der Waals surface area contributed by atoms with E-state index in [1.165, 1.54) is 25.1 Å². The zero-order valence-corrected chi connectivity index (χ0v) is 32.4. The van der Waals surface area contributed by atoms with E-state index in [2.05, 4.69) is 15.3 Å². The molecule has 22 heteroatoms. The van der Waals surface area contributed by atoms with Gasteiger partial charge in [0.2, 0.25) is 9.84 Å². The summed E-state index contributed by atoms with van der Waals surface area (Å²) < 4.78 is 93.1. The van der Waals surface area contributed by atoms with Crippen LogP contribution in [-0.4, -0.2) is 157 Å². The van der Waals surface area contributed by atoms with Gasteiger partial charge in [0.05, 0.1) is 26.1 Å². The van der Waals surface area contributed by atoms with E-state index in [4.69, 9.17) is 0 Å². The van der Waals surface area contributed by atoms with Crippen LogP contribution in [0.3, 0.4) is 0 Å². The first kappa shape index (κ1) is 41.5. The summed E-state index contributed by atoms with van der Waals surface area (Å²) in [5, 5.41) is 31.0. The minimum atomic E-state index is -4.93. The summed E-state index contributed by atoms with van der Waals surface area (Å²) in [6.45, 7) is 1.29. The first-order valence-electron chi connectivity index (χ1n) is 11.2. The van der Waals surface area contributed by atoms with Crippen molar-refractivity contribution in [2.45, 2.75) is 32.5 Å². The third-order valence-electron chi connectivity index (χ3n) is 5.77. The maximum atomic E-state index is 13.6. The van der Waals surface area contributed by atoms with Gasteiger partial charge in [0.15, 0.2) is 6.04 Å². The van der Waals surface area contributed by atoms with Crippen LogP contribution in [0.15, 0.2) is 95.6 Å². The molecular weight excluding hydrogens is 689 g/mol. The van der Waals surface area contributed by atoms with E-state index in [1.54, 1.807) is 0 Å². The smallest absolute Gasteiger partial charge is 0.339 e. The Kier molecular flexibility index (Phi) is 14.3. The summed E-state index contributed by atoms with van der Waals surface area (Å²) in [6, 6.07) is 7.79. The van der Waals surface area contributed by atoms with Gasteiger partial charge in [-0.2, -0.15) is 37.2 Å². The third-order valence-corrected chi connectivity index (χ3v) is 9.32. The summed E-state index contributed by atoms with van der Waals surface area (Å²) >= 11 is 0. The van der Waals surface area contributed by atoms with Gasteiger partial charge < -0.3 is 10.2 Å². The number of carbonyl (C=O) groups excluding carboxylic acids is 1. The fraction of sp³-hybridized carbons (Fsp3) is 0.0870. The van der Waals surface area contributed by atoms with Gasteiger partial charge in [-0.1, -0.05) is 12.1 Å². The van der Waals surface area contributed by atoms with E-state index in [0.29, 0.717) is 17.1 Å². The Labute approximate surface area is 322 Å². The second-order valence-electron chi connectivity index (χ2n) is 8.54. The summed E-state index contributed by atoms with van der Waals surface area (Å²) in [7, 11) is -14.4. The molecule has 1 unspecified atom stereocenters. The molecule has 3 aromatic carbocycles. The molecule has 223 valence electrons. The summed E-state index contributed by atoms with van der Waals surface area (Å²) in [6.07, 6.45) is 0. The fourth-order valence-corrected chi connectivity index (χ4v) is 6.34. The van der Waals surface area contributed by atoms with Gasteiger partial charge >= 0.3 is 5.97 Å². The monoisotopic (exact) mass is 707 g/mol. The first-order chi connectivity index (χ1) is 19.4. The number of rotatable bonds is 8. The largest absolute Gasteiger partial charge is 0.507 e. The average Bonchev–Trinajstić information content (AvgIpc) is 3.18. The Morgan fingerprint density at radius 1 is 0.844 bits per heavy atom. The molecule has 1 amide bonds. The number of amides is 1. The van der Waals surface area contributed by atoms with Gasteiger partial charge in [0, 0.05) is 88.7 Å². The van der Waals surface area contributed by atoms with E-state index >= 15 is 0 Å². The van der Waals surface area contributed by atoms with Crippen molar-refractivity contribution in [1.29, 1.82) is 0 Å². The molecule has 1 aliphatic heterocycles. The number of azo groups is 1. The normalized spacial score (nSPS) is 15.1. The summed E-state index contributed by atoms with van der Waals surface area (Å²) in [5.74, 6) is -3.45. The van der Waals surface area contributed by atoms with E-state index in [9.17, 15) is 54.2 Å². The quantitative estimate of drug-likeness (QED) is 0.146. The number of aromatic carboxylic acids is 1. The molecule has 0 aromatic heterocycles. The maximum absolute atomic E-state index is 13.6. The van der Waals surface area contributed by atoms with Crippen molar-refractivity contribution in [3.63, 3.8) is 0 Å². The van der Waals surface area contributed by atoms with Crippen molar-refractivity contribution in [3.05, 3.63) is 66.2 Å². The molecule has 0 saturated carbocycles. The second kappa shape index (κ2) is 15.6. The minimum absolute atomic E-state index is 0. The molecule has 0 bridgehead atoms. The van der Waals surface area contributed by atoms with Crippen molar-refractivity contribution < 1.29 is 54.2 Å². The number of phenols is 1. The van der Waals surface area contributed by atoms with Gasteiger partial charge in [-0.15, -0.1) is 0 Å². The second-order valence-corrected chi connectivity index (χ2v) is 13.3. The molecule has 3 radical (unpaired) electrons. The van der Waals surface area contributed by atoms with Crippen molar-refractivity contribution in [2.75, 3.05) is 5.01 Å². The SMILES string of the molecule is CC1=NN(c2cc(S(=O)(=O)O)ccc2S(=O)(=O)c2ccc(O)c(C(=O)O)c2)C(=O)C1N=Nc1ccccc1S(=O)(=O)O.[Na].[Na].[Na]. The molecule has 3 aromatic rings. The topological polar surface area (TPSA) is 258 Å². The zero-order chi connectivity index (χ0) is 31.2. The van der Waals surface area contributed by atoms with Crippen LogP contribution in [0.5, 0.6) is 5.75 Å². The van der Waals surface area contributed by atoms with Crippen LogP contribution < -0.4 is 5.01 Å². The molecule has 1 heterocycles. The van der Waals surface area contributed by atoms with E-state index in [0.717, 1.165) is 30.3 Å². The number of hydrogen-bond acceptors (Lipinski definition) is 12. The van der Waals surface area contributed by atoms with Crippen LogP contribution in [0.2, 0.25) is 0 Å². The van der Waals surface area contributed by atoms with Crippen LogP contribution in [0.25, 0.3) is 0 Å². The molecular formula is C23H18N4Na3O12S3. The molecule has 45 heavy (non-hydrogen) atoms. The fourth-order valence-electron chi connectivity index (χ4n) is 3.77. The van der Waals surface area contributed by atoms with E-state index in [-0.39, 0.29) is 100 Å². The number of carboxylic acid groups (broad SMARTS) is 1. The van der Waals surface area contributed by atoms with Crippen LogP contribution >= 0.6 is 0 Å². The van der Waals surface area contributed by atoms with Gasteiger partial charge in [-0.25, -0.2) is 13.2 Å². The van der Waals surface area contributed by atoms with E-state index in [1.807, 2.05) is 0 Å². The van der Waals surface area contributed by atoms with Gasteiger partial charge in [-0.05, 0) is 55.5 Å². The van der Waals surface area contributed by atoms with Crippen LogP contribution in [0.1, 0.15) is 17.3 Å². The first-order valence-corrected chi connectivity index (χ1v) is 15.6. The number of hydrazone groups is 1. The summed E-state index contributed by atoms with van der Waals surface area (Å²) in [5.41, 5.74) is -1.86. The summed E-state index contributed by atoms with van der Waals surface area (Å²) in [4.78, 5) is 22.0. The number of carbonyl (C=O) groups is 2. The predicted molar refractivity (Wildman–Crippen MR) is 159 cm³/mol. The third kappa shape index (κ3) is 8.87. The minimum Gasteiger partial charge on any atom is -0.507 e. The molecule has 4 N–H and O–H groups in total. The molecule has 16 nitrogen and oxygen atoms in total. The Morgan fingerprint density at radius 2 is 1.44 bits per heavy atom. The molecule has 1 atom stereocenters. The Bertz CT molecular complexity index is 2060.